The van der Waals surface area contributed by atoms with Gasteiger partial charge >= 0.3 is 0 Å². The van der Waals surface area contributed by atoms with Gasteiger partial charge in [0.05, 0.1) is 0 Å². The van der Waals surface area contributed by atoms with E-state index in [4.69, 9.17) is 11.6 Å². The van der Waals surface area contributed by atoms with Gasteiger partial charge < -0.3 is 10.4 Å². The van der Waals surface area contributed by atoms with Gasteiger partial charge in [-0.15, -0.1) is 0 Å². The van der Waals surface area contributed by atoms with E-state index in [0.29, 0.717) is 22.7 Å². The molecule has 2 nitrogen and oxygen atoms in total. The predicted molar refractivity (Wildman–Crippen MR) is 74.7 cm³/mol. The van der Waals surface area contributed by atoms with Crippen molar-refractivity contribution in [3.8, 4) is 5.75 Å². The molecule has 0 aliphatic carbocycles. The van der Waals surface area contributed by atoms with Crippen LogP contribution >= 0.6 is 11.6 Å². The van der Waals surface area contributed by atoms with Gasteiger partial charge in [0.25, 0.3) is 0 Å². The number of benzene rings is 2. The molecule has 2 N–H and O–H groups in total. The number of phenols is 1. The quantitative estimate of drug-likeness (QED) is 0.887. The summed E-state index contributed by atoms with van der Waals surface area (Å²) in [7, 11) is 0. The fraction of sp³-hybridized carbons (Fsp3) is 0.200. The van der Waals surface area contributed by atoms with Crippen LogP contribution in [-0.2, 0) is 6.54 Å². The molecule has 0 spiro atoms. The third-order valence-corrected chi connectivity index (χ3v) is 3.30. The van der Waals surface area contributed by atoms with Gasteiger partial charge in [-0.2, -0.15) is 0 Å². The van der Waals surface area contributed by atoms with Crippen molar-refractivity contribution >= 4 is 11.6 Å². The topological polar surface area (TPSA) is 32.3 Å². The minimum atomic E-state index is -0.606. The van der Waals surface area contributed by atoms with Gasteiger partial charge in [0.15, 0.2) is 0 Å². The first-order chi connectivity index (χ1) is 9.47. The van der Waals surface area contributed by atoms with Crippen LogP contribution in [0.3, 0.4) is 0 Å². The minimum absolute atomic E-state index is 0.119. The number of nitrogens with one attached hydrogen (secondary N) is 1. The van der Waals surface area contributed by atoms with Crippen molar-refractivity contribution < 1.29 is 13.9 Å². The van der Waals surface area contributed by atoms with E-state index in [1.807, 2.05) is 0 Å². The van der Waals surface area contributed by atoms with E-state index < -0.39 is 11.6 Å². The molecule has 0 amide bonds. The molecular formula is C15H14ClF2NO. The third kappa shape index (κ3) is 3.46. The van der Waals surface area contributed by atoms with E-state index >= 15 is 0 Å². The summed E-state index contributed by atoms with van der Waals surface area (Å²) >= 11 is 5.85. The van der Waals surface area contributed by atoms with Gasteiger partial charge in [0.2, 0.25) is 0 Å². The highest BCUT2D eigenvalue weighted by molar-refractivity contribution is 6.30. The molecule has 1 atom stereocenters. The summed E-state index contributed by atoms with van der Waals surface area (Å²) in [6.07, 6.45) is 0. The molecule has 20 heavy (non-hydrogen) atoms. The first-order valence-corrected chi connectivity index (χ1v) is 6.51. The average Bonchev–Trinajstić information content (AvgIpc) is 2.39. The fourth-order valence-electron chi connectivity index (χ4n) is 1.92. The standard InChI is InChI=1S/C15H14ClF2NO/c1-9(13-4-3-12(17)7-14(13)18)19-8-10-6-11(16)2-5-15(10)20/h2-7,9,19-20H,8H2,1H3. The third-order valence-electron chi connectivity index (χ3n) is 3.07. The zero-order chi connectivity index (χ0) is 14.7. The van der Waals surface area contributed by atoms with Crippen LogP contribution in [0.5, 0.6) is 5.75 Å². The zero-order valence-corrected chi connectivity index (χ0v) is 11.6. The molecule has 0 aliphatic rings. The summed E-state index contributed by atoms with van der Waals surface area (Å²) in [6, 6.07) is 7.87. The Labute approximate surface area is 121 Å². The van der Waals surface area contributed by atoms with Crippen LogP contribution in [0.15, 0.2) is 36.4 Å². The molecule has 0 aromatic heterocycles. The van der Waals surface area contributed by atoms with Crippen LogP contribution < -0.4 is 5.32 Å². The van der Waals surface area contributed by atoms with Crippen molar-refractivity contribution in [1.82, 2.24) is 5.32 Å². The highest BCUT2D eigenvalue weighted by Crippen LogP contribution is 2.23. The summed E-state index contributed by atoms with van der Waals surface area (Å²) in [4.78, 5) is 0. The Morgan fingerprint density at radius 2 is 1.95 bits per heavy atom. The molecule has 0 aliphatic heterocycles. The van der Waals surface area contributed by atoms with Gasteiger partial charge in [0.1, 0.15) is 17.4 Å². The van der Waals surface area contributed by atoms with Crippen molar-refractivity contribution in [3.63, 3.8) is 0 Å². The van der Waals surface area contributed by atoms with Crippen molar-refractivity contribution in [1.29, 1.82) is 0 Å². The number of phenolic OH excluding ortho intramolecular Hbond substituents is 1. The van der Waals surface area contributed by atoms with Crippen LogP contribution in [0.1, 0.15) is 24.1 Å². The maximum atomic E-state index is 13.6. The monoisotopic (exact) mass is 297 g/mol. The van der Waals surface area contributed by atoms with E-state index in [2.05, 4.69) is 5.32 Å². The second kappa shape index (κ2) is 6.20. The van der Waals surface area contributed by atoms with Gasteiger partial charge in [-0.3, -0.25) is 0 Å². The summed E-state index contributed by atoms with van der Waals surface area (Å²) in [6.45, 7) is 2.09. The second-order valence-corrected chi connectivity index (χ2v) is 4.98. The lowest BCUT2D eigenvalue weighted by Gasteiger charge is -2.16. The SMILES string of the molecule is CC(NCc1cc(Cl)ccc1O)c1ccc(F)cc1F. The minimum Gasteiger partial charge on any atom is -0.508 e. The van der Waals surface area contributed by atoms with Crippen LogP contribution in [0.2, 0.25) is 5.02 Å². The maximum Gasteiger partial charge on any atom is 0.130 e. The van der Waals surface area contributed by atoms with E-state index in [-0.39, 0.29) is 11.8 Å². The maximum absolute atomic E-state index is 13.6. The van der Waals surface area contributed by atoms with Crippen LogP contribution in [0.25, 0.3) is 0 Å². The van der Waals surface area contributed by atoms with Gasteiger partial charge in [-0.1, -0.05) is 17.7 Å². The molecular weight excluding hydrogens is 284 g/mol. The van der Waals surface area contributed by atoms with Crippen molar-refractivity contribution in [2.75, 3.05) is 0 Å². The number of rotatable bonds is 4. The fourth-order valence-corrected chi connectivity index (χ4v) is 2.12. The smallest absolute Gasteiger partial charge is 0.130 e. The van der Waals surface area contributed by atoms with Gasteiger partial charge in [-0.25, -0.2) is 8.78 Å². The number of hydrogen-bond acceptors (Lipinski definition) is 2. The Bertz CT molecular complexity index is 619. The lowest BCUT2D eigenvalue weighted by molar-refractivity contribution is 0.458. The summed E-state index contributed by atoms with van der Waals surface area (Å²) < 4.78 is 26.5. The zero-order valence-electron chi connectivity index (χ0n) is 10.8. The molecule has 0 fully saturated rings. The van der Waals surface area contributed by atoms with Gasteiger partial charge in [-0.05, 0) is 31.2 Å². The molecule has 5 heteroatoms. The normalized spacial score (nSPS) is 12.4. The Hall–Kier alpha value is -1.65. The lowest BCUT2D eigenvalue weighted by atomic mass is 10.1. The average molecular weight is 298 g/mol. The number of hydrogen-bond donors (Lipinski definition) is 2. The molecule has 2 aromatic rings. The van der Waals surface area contributed by atoms with E-state index in [0.717, 1.165) is 6.07 Å². The molecule has 0 saturated heterocycles. The van der Waals surface area contributed by atoms with E-state index in [1.54, 1.807) is 19.1 Å². The largest absolute Gasteiger partial charge is 0.508 e. The van der Waals surface area contributed by atoms with Crippen LogP contribution in [0.4, 0.5) is 8.78 Å². The molecule has 0 saturated carbocycles. The van der Waals surface area contributed by atoms with Gasteiger partial charge in [0, 0.05) is 34.8 Å². The first-order valence-electron chi connectivity index (χ1n) is 6.13. The summed E-state index contributed by atoms with van der Waals surface area (Å²) in [5.74, 6) is -1.08. The first kappa shape index (κ1) is 14.8. The summed E-state index contributed by atoms with van der Waals surface area (Å²) in [5, 5.41) is 13.3. The number of aromatic hydroxyl groups is 1. The molecule has 0 radical (unpaired) electrons. The predicted octanol–water partition coefficient (Wildman–Crippen LogP) is 4.17. The summed E-state index contributed by atoms with van der Waals surface area (Å²) in [5.41, 5.74) is 0.986. The second-order valence-electron chi connectivity index (χ2n) is 4.54. The van der Waals surface area contributed by atoms with Crippen LogP contribution in [-0.4, -0.2) is 5.11 Å². The van der Waals surface area contributed by atoms with Crippen molar-refractivity contribution in [2.24, 2.45) is 0 Å². The Balaban J connectivity index is 2.08. The van der Waals surface area contributed by atoms with Crippen molar-refractivity contribution in [3.05, 3.63) is 64.2 Å². The molecule has 1 unspecified atom stereocenters. The highest BCUT2D eigenvalue weighted by atomic mass is 35.5. The molecule has 0 heterocycles. The van der Waals surface area contributed by atoms with Crippen molar-refractivity contribution in [2.45, 2.75) is 19.5 Å². The Morgan fingerprint density at radius 3 is 2.65 bits per heavy atom. The lowest BCUT2D eigenvalue weighted by Crippen LogP contribution is -2.19. The Kier molecular flexibility index (Phi) is 4.57. The molecule has 2 aromatic carbocycles. The Morgan fingerprint density at radius 1 is 1.20 bits per heavy atom. The molecule has 0 bridgehead atoms. The van der Waals surface area contributed by atoms with E-state index in [1.165, 1.54) is 18.2 Å². The number of halogens is 3. The van der Waals surface area contributed by atoms with Crippen LogP contribution in [0, 0.1) is 11.6 Å². The molecule has 106 valence electrons. The van der Waals surface area contributed by atoms with E-state index in [9.17, 15) is 13.9 Å². The molecule has 2 rings (SSSR count). The highest BCUT2D eigenvalue weighted by Gasteiger charge is 2.12.